The number of aryl methyl sites for hydroxylation is 1. The second-order valence-electron chi connectivity index (χ2n) is 8.87. The van der Waals surface area contributed by atoms with Gasteiger partial charge in [0.15, 0.2) is 0 Å². The van der Waals surface area contributed by atoms with Crippen molar-refractivity contribution in [3.05, 3.63) is 30.1 Å². The van der Waals surface area contributed by atoms with Crippen molar-refractivity contribution in [3.63, 3.8) is 0 Å². The molecular weight excluding hydrogens is 354 g/mol. The van der Waals surface area contributed by atoms with E-state index in [1.54, 1.807) is 0 Å². The average Bonchev–Trinajstić information content (AvgIpc) is 3.45. The van der Waals surface area contributed by atoms with E-state index in [0.717, 1.165) is 39.0 Å². The number of amides is 1. The number of aromatic nitrogens is 1. The van der Waals surface area contributed by atoms with Gasteiger partial charge in [-0.25, -0.2) is 0 Å². The summed E-state index contributed by atoms with van der Waals surface area (Å²) in [6, 6.07) is 4.14. The first-order chi connectivity index (χ1) is 13.7. The first-order valence-electron chi connectivity index (χ1n) is 10.8. The Bertz CT molecular complexity index is 650. The molecule has 28 heavy (non-hydrogen) atoms. The van der Waals surface area contributed by atoms with Crippen LogP contribution < -0.4 is 5.32 Å². The predicted octanol–water partition coefficient (Wildman–Crippen LogP) is 1.77. The molecular formula is C22H33N3O3. The molecule has 4 rings (SSSR count). The number of pyridine rings is 1. The minimum atomic E-state index is -0.0162. The molecule has 2 aliphatic carbocycles. The smallest absolute Gasteiger partial charge is 0.222 e. The molecule has 0 bridgehead atoms. The van der Waals surface area contributed by atoms with E-state index in [1.807, 2.05) is 18.5 Å². The maximum Gasteiger partial charge on any atom is 0.222 e. The van der Waals surface area contributed by atoms with Crippen LogP contribution in [0.3, 0.4) is 0 Å². The summed E-state index contributed by atoms with van der Waals surface area (Å²) >= 11 is 0. The third-order valence-corrected chi connectivity index (χ3v) is 6.86. The van der Waals surface area contributed by atoms with Crippen LogP contribution in [0.4, 0.5) is 0 Å². The van der Waals surface area contributed by atoms with E-state index >= 15 is 0 Å². The third kappa shape index (κ3) is 4.73. The number of carbonyl (C=O) groups is 1. The van der Waals surface area contributed by atoms with Crippen molar-refractivity contribution in [1.29, 1.82) is 0 Å². The molecule has 1 aromatic rings. The largest absolute Gasteiger partial charge is 0.396 e. The van der Waals surface area contributed by atoms with Crippen molar-refractivity contribution in [3.8, 4) is 0 Å². The molecule has 1 aliphatic heterocycles. The summed E-state index contributed by atoms with van der Waals surface area (Å²) in [5.41, 5.74) is 1.50. The number of aliphatic hydroxyl groups is 1. The van der Waals surface area contributed by atoms with Gasteiger partial charge in [-0.15, -0.1) is 0 Å². The molecule has 6 heteroatoms. The highest BCUT2D eigenvalue weighted by molar-refractivity contribution is 5.76. The van der Waals surface area contributed by atoms with Gasteiger partial charge in [0.05, 0.1) is 19.1 Å². The quantitative estimate of drug-likeness (QED) is 0.676. The Kier molecular flexibility index (Phi) is 6.28. The molecule has 0 aromatic carbocycles. The third-order valence-electron chi connectivity index (χ3n) is 6.86. The molecule has 6 nitrogen and oxygen atoms in total. The summed E-state index contributed by atoms with van der Waals surface area (Å²) in [6.45, 7) is 3.59. The van der Waals surface area contributed by atoms with Crippen molar-refractivity contribution in [1.82, 2.24) is 15.2 Å². The molecule has 154 valence electrons. The van der Waals surface area contributed by atoms with Gasteiger partial charge in [-0.1, -0.05) is 6.07 Å². The number of nitrogens with zero attached hydrogens (tertiary/aromatic N) is 2. The molecule has 1 unspecified atom stereocenters. The lowest BCUT2D eigenvalue weighted by Gasteiger charge is -2.54. The fraction of sp³-hybridized carbons (Fsp3) is 0.727. The van der Waals surface area contributed by atoms with E-state index < -0.39 is 0 Å². The SMILES string of the molecule is O=C(CC1CN(CCCc2cccnc2)C2(CCC2)CO1)NC[C@H]1C[C@H]1CO. The molecule has 2 saturated carbocycles. The van der Waals surface area contributed by atoms with Crippen LogP contribution >= 0.6 is 0 Å². The summed E-state index contributed by atoms with van der Waals surface area (Å²) in [5, 5.41) is 12.1. The Balaban J connectivity index is 1.23. The Morgan fingerprint density at radius 2 is 2.29 bits per heavy atom. The predicted molar refractivity (Wildman–Crippen MR) is 107 cm³/mol. The molecule has 3 fully saturated rings. The Labute approximate surface area is 167 Å². The zero-order chi connectivity index (χ0) is 19.4. The van der Waals surface area contributed by atoms with Crippen LogP contribution in [-0.2, 0) is 16.0 Å². The highest BCUT2D eigenvalue weighted by Gasteiger charge is 2.46. The lowest BCUT2D eigenvalue weighted by atomic mass is 9.74. The fourth-order valence-electron chi connectivity index (χ4n) is 4.68. The van der Waals surface area contributed by atoms with E-state index in [-0.39, 0.29) is 24.2 Å². The molecule has 1 aromatic heterocycles. The van der Waals surface area contributed by atoms with Crippen LogP contribution in [0.15, 0.2) is 24.5 Å². The van der Waals surface area contributed by atoms with E-state index in [0.29, 0.717) is 24.8 Å². The monoisotopic (exact) mass is 387 g/mol. The topological polar surface area (TPSA) is 74.7 Å². The second-order valence-corrected chi connectivity index (χ2v) is 8.87. The van der Waals surface area contributed by atoms with Gasteiger partial charge < -0.3 is 15.2 Å². The number of hydrogen-bond donors (Lipinski definition) is 2. The Morgan fingerprint density at radius 3 is 2.96 bits per heavy atom. The van der Waals surface area contributed by atoms with Gasteiger partial charge in [0.1, 0.15) is 0 Å². The maximum absolute atomic E-state index is 12.3. The number of hydrogen-bond acceptors (Lipinski definition) is 5. The summed E-state index contributed by atoms with van der Waals surface area (Å²) in [6.07, 6.45) is 11.1. The first kappa shape index (κ1) is 19.8. The van der Waals surface area contributed by atoms with Gasteiger partial charge >= 0.3 is 0 Å². The van der Waals surface area contributed by atoms with E-state index in [2.05, 4.69) is 21.3 Å². The lowest BCUT2D eigenvalue weighted by molar-refractivity contribution is -0.151. The van der Waals surface area contributed by atoms with Crippen LogP contribution in [0.5, 0.6) is 0 Å². The normalized spacial score (nSPS) is 28.7. The van der Waals surface area contributed by atoms with Crippen LogP contribution in [0.1, 0.15) is 44.1 Å². The molecule has 3 aliphatic rings. The second kappa shape index (κ2) is 8.89. The van der Waals surface area contributed by atoms with Gasteiger partial charge in [0.25, 0.3) is 0 Å². The van der Waals surface area contributed by atoms with Crippen LogP contribution in [0.2, 0.25) is 0 Å². The van der Waals surface area contributed by atoms with Crippen molar-refractivity contribution < 1.29 is 14.6 Å². The van der Waals surface area contributed by atoms with Crippen LogP contribution in [0.25, 0.3) is 0 Å². The van der Waals surface area contributed by atoms with Gasteiger partial charge in [0.2, 0.25) is 5.91 Å². The Morgan fingerprint density at radius 1 is 1.39 bits per heavy atom. The minimum absolute atomic E-state index is 0.0162. The lowest BCUT2D eigenvalue weighted by Crippen LogP contribution is -2.63. The number of rotatable bonds is 9. The summed E-state index contributed by atoms with van der Waals surface area (Å²) in [7, 11) is 0. The number of ether oxygens (including phenoxy) is 1. The van der Waals surface area contributed by atoms with Crippen LogP contribution in [-0.4, -0.2) is 65.4 Å². The Hall–Kier alpha value is -1.50. The highest BCUT2D eigenvalue weighted by Crippen LogP contribution is 2.41. The number of aliphatic hydroxyl groups excluding tert-OH is 1. The zero-order valence-corrected chi connectivity index (χ0v) is 16.7. The molecule has 2 N–H and O–H groups in total. The molecule has 1 saturated heterocycles. The summed E-state index contributed by atoms with van der Waals surface area (Å²) in [5.74, 6) is 0.928. The van der Waals surface area contributed by atoms with Gasteiger partial charge in [0, 0.05) is 37.6 Å². The molecule has 2 heterocycles. The minimum Gasteiger partial charge on any atom is -0.396 e. The van der Waals surface area contributed by atoms with E-state index in [4.69, 9.17) is 9.84 Å². The first-order valence-corrected chi connectivity index (χ1v) is 10.8. The molecule has 1 amide bonds. The summed E-state index contributed by atoms with van der Waals surface area (Å²) < 4.78 is 6.11. The maximum atomic E-state index is 12.3. The van der Waals surface area contributed by atoms with E-state index in [1.165, 1.54) is 24.8 Å². The van der Waals surface area contributed by atoms with Crippen molar-refractivity contribution in [2.45, 2.75) is 56.6 Å². The van der Waals surface area contributed by atoms with Crippen LogP contribution in [0, 0.1) is 11.8 Å². The highest BCUT2D eigenvalue weighted by atomic mass is 16.5. The number of morpholine rings is 1. The number of carbonyl (C=O) groups excluding carboxylic acids is 1. The van der Waals surface area contributed by atoms with Gasteiger partial charge in [-0.05, 0) is 68.5 Å². The van der Waals surface area contributed by atoms with E-state index in [9.17, 15) is 4.79 Å². The zero-order valence-electron chi connectivity index (χ0n) is 16.7. The standard InChI is InChI=1S/C22H33N3O3/c26-15-19-10-18(19)13-24-21(27)11-20-14-25(22(16-28-20)6-3-7-22)9-2-5-17-4-1-8-23-12-17/h1,4,8,12,18-20,26H,2-3,5-7,9-11,13-16H2,(H,24,27)/t18-,19+,20?/m1/s1. The van der Waals surface area contributed by atoms with Gasteiger partial charge in [-0.2, -0.15) is 0 Å². The van der Waals surface area contributed by atoms with Crippen molar-refractivity contribution >= 4 is 5.91 Å². The fourth-order valence-corrected chi connectivity index (χ4v) is 4.68. The molecule has 0 radical (unpaired) electrons. The average molecular weight is 388 g/mol. The van der Waals surface area contributed by atoms with Crippen molar-refractivity contribution in [2.24, 2.45) is 11.8 Å². The molecule has 3 atom stereocenters. The van der Waals surface area contributed by atoms with Crippen molar-refractivity contribution in [2.75, 3.05) is 32.8 Å². The van der Waals surface area contributed by atoms with Gasteiger partial charge in [-0.3, -0.25) is 14.7 Å². The number of nitrogens with one attached hydrogen (secondary N) is 1. The molecule has 1 spiro atoms. The summed E-state index contributed by atoms with van der Waals surface area (Å²) in [4.78, 5) is 19.1.